The number of ether oxygens (including phenoxy) is 4. The van der Waals surface area contributed by atoms with Crippen molar-refractivity contribution in [1.82, 2.24) is 4.90 Å². The Labute approximate surface area is 303 Å². The van der Waals surface area contributed by atoms with E-state index in [-0.39, 0.29) is 54.5 Å². The second-order valence-corrected chi connectivity index (χ2v) is 19.7. The van der Waals surface area contributed by atoms with Crippen molar-refractivity contribution >= 4 is 26.3 Å². The predicted octanol–water partition coefficient (Wildman–Crippen LogP) is 7.76. The molecule has 2 aliphatic heterocycles. The molecule has 0 spiro atoms. The van der Waals surface area contributed by atoms with Gasteiger partial charge in [0, 0.05) is 32.9 Å². The van der Waals surface area contributed by atoms with Crippen molar-refractivity contribution in [3.05, 3.63) is 36.0 Å². The summed E-state index contributed by atoms with van der Waals surface area (Å²) in [5.74, 6) is -0.751. The maximum absolute atomic E-state index is 13.5. The highest BCUT2D eigenvalue weighted by atomic mass is 28.4. The first-order valence-corrected chi connectivity index (χ1v) is 21.3. The highest BCUT2D eigenvalue weighted by Gasteiger charge is 2.46. The minimum atomic E-state index is -2.07. The van der Waals surface area contributed by atoms with Crippen LogP contribution in [0, 0.1) is 17.8 Å². The molecule has 10 atom stereocenters. The number of cyclic esters (lactones) is 1. The largest absolute Gasteiger partial charge is 0.457 e. The summed E-state index contributed by atoms with van der Waals surface area (Å²) in [6, 6.07) is 2.81. The molecule has 2 aliphatic rings. The zero-order chi connectivity index (χ0) is 37.8. The fourth-order valence-corrected chi connectivity index (χ4v) is 9.73. The van der Waals surface area contributed by atoms with Crippen LogP contribution < -0.4 is 0 Å². The minimum Gasteiger partial charge on any atom is -0.457 e. The van der Waals surface area contributed by atoms with E-state index in [1.165, 1.54) is 11.8 Å². The van der Waals surface area contributed by atoms with Crippen molar-refractivity contribution in [2.75, 3.05) is 14.1 Å². The van der Waals surface area contributed by atoms with Gasteiger partial charge in [0.05, 0.1) is 24.7 Å². The van der Waals surface area contributed by atoms with E-state index in [0.717, 1.165) is 36.5 Å². The molecular formula is C39H67NO9Si. The standard InChI is InChI=1S/C39H67NO9Si/c1-13-32(47-38(43)40(11)12)29(8)37-33(46-37)24-26(5)18-17-19-27(6)36-28(7)20-21-34(45-30(9)41)39(10,44)23-22-31(25-35(42)48-36)49-50(14-2,15-3)16-4/h17-21,26,28-29,31-34,36-37,44H,13-16,22-25H2,1-12H3/b18-17+,21-20+,27-19+. The topological polar surface area (TPSA) is 124 Å². The van der Waals surface area contributed by atoms with E-state index in [9.17, 15) is 19.5 Å². The highest BCUT2D eigenvalue weighted by molar-refractivity contribution is 6.73. The number of aliphatic hydroxyl groups is 1. The van der Waals surface area contributed by atoms with Crippen LogP contribution >= 0.6 is 0 Å². The van der Waals surface area contributed by atoms with Gasteiger partial charge in [0.25, 0.3) is 0 Å². The summed E-state index contributed by atoms with van der Waals surface area (Å²) in [4.78, 5) is 39.1. The van der Waals surface area contributed by atoms with Crippen LogP contribution in [0.25, 0.3) is 0 Å². The third-order valence-electron chi connectivity index (χ3n) is 10.5. The summed E-state index contributed by atoms with van der Waals surface area (Å²) < 4.78 is 30.2. The van der Waals surface area contributed by atoms with Crippen LogP contribution in [0.5, 0.6) is 0 Å². The molecule has 10 unspecified atom stereocenters. The van der Waals surface area contributed by atoms with Gasteiger partial charge in [-0.05, 0) is 75.2 Å². The maximum atomic E-state index is 13.5. The van der Waals surface area contributed by atoms with Crippen LogP contribution in [0.4, 0.5) is 4.79 Å². The van der Waals surface area contributed by atoms with Crippen molar-refractivity contribution in [1.29, 1.82) is 0 Å². The molecular weight excluding hydrogens is 655 g/mol. The van der Waals surface area contributed by atoms with Crippen LogP contribution in [0.1, 0.15) is 101 Å². The smallest absolute Gasteiger partial charge is 0.409 e. The molecule has 50 heavy (non-hydrogen) atoms. The van der Waals surface area contributed by atoms with Crippen molar-refractivity contribution in [3.8, 4) is 0 Å². The molecule has 1 fully saturated rings. The normalized spacial score (nSPS) is 30.7. The molecule has 0 bridgehead atoms. The first-order valence-electron chi connectivity index (χ1n) is 18.8. The average Bonchev–Trinajstić information content (AvgIpc) is 3.83. The molecule has 0 saturated carbocycles. The van der Waals surface area contributed by atoms with Crippen LogP contribution in [0.3, 0.4) is 0 Å². The molecule has 0 aromatic rings. The summed E-state index contributed by atoms with van der Waals surface area (Å²) in [7, 11) is 1.29. The van der Waals surface area contributed by atoms with Gasteiger partial charge in [-0.25, -0.2) is 4.79 Å². The fraction of sp³-hybridized carbons (Fsp3) is 0.769. The third-order valence-corrected chi connectivity index (χ3v) is 15.2. The second-order valence-electron chi connectivity index (χ2n) is 15.0. The first kappa shape index (κ1) is 43.7. The number of hydrogen-bond acceptors (Lipinski definition) is 9. The number of hydrogen-bond donors (Lipinski definition) is 1. The lowest BCUT2D eigenvalue weighted by Crippen LogP contribution is -2.45. The van der Waals surface area contributed by atoms with Crippen molar-refractivity contribution in [3.63, 3.8) is 0 Å². The number of allylic oxidation sites excluding steroid dienone is 3. The molecule has 2 rings (SSSR count). The molecule has 1 saturated heterocycles. The molecule has 0 radical (unpaired) electrons. The number of amides is 1. The number of rotatable bonds is 15. The van der Waals surface area contributed by atoms with Crippen molar-refractivity contribution in [2.24, 2.45) is 17.8 Å². The summed E-state index contributed by atoms with van der Waals surface area (Å²) in [5, 5.41) is 11.5. The van der Waals surface area contributed by atoms with Gasteiger partial charge in [-0.1, -0.05) is 72.8 Å². The SMILES string of the molecule is CCC(OC(=O)N(C)C)C(C)C1OC1CC(C)/C=C/C=C(\C)C1OC(=O)CC(O[Si](CC)(CC)CC)CCC(C)(O)C(OC(C)=O)/C=C/C1C. The van der Waals surface area contributed by atoms with E-state index in [2.05, 4.69) is 40.7 Å². The molecule has 2 heterocycles. The number of epoxide rings is 1. The van der Waals surface area contributed by atoms with Crippen molar-refractivity contribution in [2.45, 2.75) is 162 Å². The summed E-state index contributed by atoms with van der Waals surface area (Å²) in [6.07, 6.45) is 9.82. The van der Waals surface area contributed by atoms with E-state index >= 15 is 0 Å². The van der Waals surface area contributed by atoms with Gasteiger partial charge in [-0.15, -0.1) is 0 Å². The molecule has 1 amide bonds. The van der Waals surface area contributed by atoms with Gasteiger partial charge >= 0.3 is 18.0 Å². The quantitative estimate of drug-likeness (QED) is 0.0451. The van der Waals surface area contributed by atoms with Gasteiger partial charge in [0.2, 0.25) is 0 Å². The zero-order valence-electron chi connectivity index (χ0n) is 32.9. The van der Waals surface area contributed by atoms with E-state index in [1.807, 2.05) is 39.0 Å². The van der Waals surface area contributed by atoms with Gasteiger partial charge in [0.15, 0.2) is 8.32 Å². The molecule has 10 nitrogen and oxygen atoms in total. The predicted molar refractivity (Wildman–Crippen MR) is 199 cm³/mol. The number of carbonyl (C=O) groups excluding carboxylic acids is 3. The Balaban J connectivity index is 2.23. The summed E-state index contributed by atoms with van der Waals surface area (Å²) in [5.41, 5.74) is -0.483. The lowest BCUT2D eigenvalue weighted by atomic mass is 9.88. The van der Waals surface area contributed by atoms with Gasteiger partial charge in [0.1, 0.15) is 23.9 Å². The van der Waals surface area contributed by atoms with Crippen LogP contribution in [-0.2, 0) is 33.0 Å². The summed E-state index contributed by atoms with van der Waals surface area (Å²) in [6.45, 7) is 19.6. The zero-order valence-corrected chi connectivity index (χ0v) is 33.9. The lowest BCUT2D eigenvalue weighted by Gasteiger charge is -2.36. The maximum Gasteiger partial charge on any atom is 0.409 e. The van der Waals surface area contributed by atoms with E-state index in [1.54, 1.807) is 27.1 Å². The molecule has 0 aromatic heterocycles. The molecule has 286 valence electrons. The van der Waals surface area contributed by atoms with Crippen LogP contribution in [0.2, 0.25) is 18.1 Å². The van der Waals surface area contributed by atoms with E-state index in [4.69, 9.17) is 23.4 Å². The Morgan fingerprint density at radius 1 is 1.12 bits per heavy atom. The number of esters is 2. The monoisotopic (exact) mass is 721 g/mol. The Morgan fingerprint density at radius 3 is 2.32 bits per heavy atom. The van der Waals surface area contributed by atoms with E-state index in [0.29, 0.717) is 12.8 Å². The second kappa shape index (κ2) is 19.9. The van der Waals surface area contributed by atoms with Gasteiger partial charge in [-0.2, -0.15) is 0 Å². The van der Waals surface area contributed by atoms with Gasteiger partial charge in [-0.3, -0.25) is 9.59 Å². The van der Waals surface area contributed by atoms with Crippen LogP contribution in [0.15, 0.2) is 36.0 Å². The third kappa shape index (κ3) is 13.3. The molecule has 0 aromatic carbocycles. The summed E-state index contributed by atoms with van der Waals surface area (Å²) >= 11 is 0. The Bertz CT molecular complexity index is 1190. The van der Waals surface area contributed by atoms with E-state index < -0.39 is 38.2 Å². The number of nitrogens with zero attached hydrogens (tertiary/aromatic N) is 1. The van der Waals surface area contributed by atoms with Crippen molar-refractivity contribution < 1.29 is 42.9 Å². The Kier molecular flexibility index (Phi) is 17.4. The lowest BCUT2D eigenvalue weighted by molar-refractivity contribution is -0.157. The first-order chi connectivity index (χ1) is 23.4. The fourth-order valence-electron chi connectivity index (χ4n) is 6.83. The average molecular weight is 722 g/mol. The Hall–Kier alpha value is -2.47. The van der Waals surface area contributed by atoms with Gasteiger partial charge < -0.3 is 33.4 Å². The Morgan fingerprint density at radius 2 is 1.76 bits per heavy atom. The molecule has 0 aliphatic carbocycles. The highest BCUT2D eigenvalue weighted by Crippen LogP contribution is 2.37. The molecule has 1 N–H and O–H groups in total. The number of carbonyl (C=O) groups is 3. The van der Waals surface area contributed by atoms with Crippen LogP contribution in [-0.4, -0.2) is 92.7 Å². The minimum absolute atomic E-state index is 0.0514. The molecule has 11 heteroatoms.